The van der Waals surface area contributed by atoms with E-state index in [1.54, 1.807) is 11.3 Å². The first kappa shape index (κ1) is 19.9. The van der Waals surface area contributed by atoms with E-state index < -0.39 is 0 Å². The monoisotopic (exact) mass is 432 g/mol. The van der Waals surface area contributed by atoms with E-state index in [0.717, 1.165) is 30.9 Å². The maximum absolute atomic E-state index is 13.5. The molecule has 1 saturated heterocycles. The average molecular weight is 433 g/mol. The number of aromatic nitrogens is 2. The molecule has 0 aliphatic carbocycles. The highest BCUT2D eigenvalue weighted by Gasteiger charge is 2.26. The van der Waals surface area contributed by atoms with Crippen LogP contribution in [-0.2, 0) is 6.54 Å². The van der Waals surface area contributed by atoms with Gasteiger partial charge in [0.2, 0.25) is 0 Å². The Bertz CT molecular complexity index is 1210. The van der Waals surface area contributed by atoms with Crippen molar-refractivity contribution >= 4 is 28.3 Å². The Morgan fingerprint density at radius 2 is 1.87 bits per heavy atom. The van der Waals surface area contributed by atoms with Gasteiger partial charge in [0.1, 0.15) is 0 Å². The van der Waals surface area contributed by atoms with Crippen LogP contribution in [0.4, 0.5) is 0 Å². The van der Waals surface area contributed by atoms with E-state index in [0.29, 0.717) is 35.4 Å². The maximum Gasteiger partial charge on any atom is 0.259 e. The fraction of sp³-hybridized carbons (Fsp3) is 0.292. The van der Waals surface area contributed by atoms with Crippen LogP contribution in [-0.4, -0.2) is 52.0 Å². The molecule has 0 atom stereocenters. The number of fused-ring (bicyclic) bond motifs is 1. The van der Waals surface area contributed by atoms with Crippen molar-refractivity contribution in [2.24, 2.45) is 0 Å². The predicted molar refractivity (Wildman–Crippen MR) is 122 cm³/mol. The number of nitrogens with zero attached hydrogens (tertiary/aromatic N) is 4. The summed E-state index contributed by atoms with van der Waals surface area (Å²) in [7, 11) is 0. The van der Waals surface area contributed by atoms with Crippen molar-refractivity contribution in [1.29, 1.82) is 0 Å². The van der Waals surface area contributed by atoms with Crippen molar-refractivity contribution in [2.45, 2.75) is 20.4 Å². The molecule has 7 heteroatoms. The van der Waals surface area contributed by atoms with Crippen LogP contribution in [0.3, 0.4) is 0 Å². The van der Waals surface area contributed by atoms with Crippen molar-refractivity contribution in [1.82, 2.24) is 19.9 Å². The maximum atomic E-state index is 13.5. The fourth-order valence-corrected chi connectivity index (χ4v) is 4.78. The molecule has 158 valence electrons. The Morgan fingerprint density at radius 1 is 1.10 bits per heavy atom. The summed E-state index contributed by atoms with van der Waals surface area (Å²) in [6.45, 7) is 8.00. The molecule has 0 saturated carbocycles. The third-order valence-electron chi connectivity index (χ3n) is 5.81. The van der Waals surface area contributed by atoms with Gasteiger partial charge in [-0.3, -0.25) is 9.69 Å². The molecular weight excluding hydrogens is 408 g/mol. The SMILES string of the molecule is Cc1ccc(-c2cc(C(=O)N3CCN(Cc4cccs4)CC3)c3c(C)noc3n2)cc1. The Kier molecular flexibility index (Phi) is 5.29. The average Bonchev–Trinajstić information content (AvgIpc) is 3.43. The lowest BCUT2D eigenvalue weighted by Gasteiger charge is -2.34. The number of pyridine rings is 1. The number of aryl methyl sites for hydroxylation is 2. The van der Waals surface area contributed by atoms with Crippen LogP contribution in [0, 0.1) is 13.8 Å². The molecule has 0 N–H and O–H groups in total. The summed E-state index contributed by atoms with van der Waals surface area (Å²) < 4.78 is 5.45. The van der Waals surface area contributed by atoms with Crippen LogP contribution in [0.15, 0.2) is 52.4 Å². The van der Waals surface area contributed by atoms with Crippen molar-refractivity contribution in [2.75, 3.05) is 26.2 Å². The number of hydrogen-bond acceptors (Lipinski definition) is 6. The lowest BCUT2D eigenvalue weighted by Crippen LogP contribution is -2.48. The van der Waals surface area contributed by atoms with Crippen molar-refractivity contribution < 1.29 is 9.32 Å². The number of carbonyl (C=O) groups is 1. The highest BCUT2D eigenvalue weighted by atomic mass is 32.1. The second-order valence-electron chi connectivity index (χ2n) is 8.02. The Labute approximate surface area is 185 Å². The van der Waals surface area contributed by atoms with Gasteiger partial charge in [-0.1, -0.05) is 41.1 Å². The molecule has 3 aromatic heterocycles. The second kappa shape index (κ2) is 8.24. The van der Waals surface area contributed by atoms with E-state index in [1.165, 1.54) is 10.4 Å². The standard InChI is InChI=1S/C24H24N4O2S/c1-16-5-7-18(8-6-16)21-14-20(22-17(2)26-30-23(22)25-21)24(29)28-11-9-27(10-12-28)15-19-4-3-13-31-19/h3-8,13-14H,9-12,15H2,1-2H3. The molecule has 31 heavy (non-hydrogen) atoms. The molecule has 1 fully saturated rings. The van der Waals surface area contributed by atoms with E-state index in [1.807, 2.05) is 49.1 Å². The number of hydrogen-bond donors (Lipinski definition) is 0. The van der Waals surface area contributed by atoms with Crippen molar-refractivity contribution in [3.05, 3.63) is 69.5 Å². The number of carbonyl (C=O) groups excluding carboxylic acids is 1. The van der Waals surface area contributed by atoms with Crippen LogP contribution >= 0.6 is 11.3 Å². The topological polar surface area (TPSA) is 62.5 Å². The molecule has 0 unspecified atom stereocenters. The highest BCUT2D eigenvalue weighted by molar-refractivity contribution is 7.09. The number of thiophene rings is 1. The molecule has 0 radical (unpaired) electrons. The lowest BCUT2D eigenvalue weighted by molar-refractivity contribution is 0.0631. The smallest absolute Gasteiger partial charge is 0.259 e. The number of rotatable bonds is 4. The quantitative estimate of drug-likeness (QED) is 0.474. The van der Waals surface area contributed by atoms with Gasteiger partial charge in [0.15, 0.2) is 0 Å². The van der Waals surface area contributed by atoms with Crippen LogP contribution in [0.25, 0.3) is 22.4 Å². The molecule has 0 bridgehead atoms. The molecule has 1 amide bonds. The van der Waals surface area contributed by atoms with E-state index >= 15 is 0 Å². The van der Waals surface area contributed by atoms with Crippen molar-refractivity contribution in [3.8, 4) is 11.3 Å². The molecule has 4 heterocycles. The first-order valence-corrected chi connectivity index (χ1v) is 11.3. The molecule has 1 aromatic carbocycles. The van der Waals surface area contributed by atoms with E-state index in [9.17, 15) is 4.79 Å². The minimum atomic E-state index is 0.0165. The van der Waals surface area contributed by atoms with Gasteiger partial charge < -0.3 is 9.42 Å². The third-order valence-corrected chi connectivity index (χ3v) is 6.68. The zero-order chi connectivity index (χ0) is 21.4. The first-order valence-electron chi connectivity index (χ1n) is 10.5. The molecular formula is C24H24N4O2S. The summed E-state index contributed by atoms with van der Waals surface area (Å²) >= 11 is 1.78. The lowest BCUT2D eigenvalue weighted by atomic mass is 10.0. The third kappa shape index (κ3) is 3.98. The van der Waals surface area contributed by atoms with Gasteiger partial charge in [-0.05, 0) is 31.4 Å². The Balaban J connectivity index is 1.41. The van der Waals surface area contributed by atoms with Crippen molar-refractivity contribution in [3.63, 3.8) is 0 Å². The summed E-state index contributed by atoms with van der Waals surface area (Å²) in [5.41, 5.74) is 4.58. The van der Waals surface area contributed by atoms with Gasteiger partial charge in [0.05, 0.1) is 22.3 Å². The van der Waals surface area contributed by atoms with E-state index in [4.69, 9.17) is 4.52 Å². The van der Waals surface area contributed by atoms with E-state index in [-0.39, 0.29) is 5.91 Å². The number of benzene rings is 1. The van der Waals surface area contributed by atoms with Gasteiger partial charge in [-0.25, -0.2) is 4.98 Å². The van der Waals surface area contributed by atoms with E-state index in [2.05, 4.69) is 32.6 Å². The largest absolute Gasteiger partial charge is 0.336 e. The van der Waals surface area contributed by atoms with Gasteiger partial charge >= 0.3 is 0 Å². The van der Waals surface area contributed by atoms with Gasteiger partial charge in [-0.15, -0.1) is 11.3 Å². The minimum absolute atomic E-state index is 0.0165. The van der Waals surface area contributed by atoms with Gasteiger partial charge in [-0.2, -0.15) is 0 Å². The van der Waals surface area contributed by atoms with Crippen LogP contribution in [0.5, 0.6) is 0 Å². The zero-order valence-corrected chi connectivity index (χ0v) is 18.5. The molecule has 0 spiro atoms. The summed E-state index contributed by atoms with van der Waals surface area (Å²) in [6.07, 6.45) is 0. The molecule has 4 aromatic rings. The Morgan fingerprint density at radius 3 is 2.58 bits per heavy atom. The predicted octanol–water partition coefficient (Wildman–Crippen LogP) is 4.53. The van der Waals surface area contributed by atoms with Crippen LogP contribution in [0.1, 0.15) is 26.5 Å². The fourth-order valence-electron chi connectivity index (χ4n) is 4.04. The normalized spacial score (nSPS) is 15.0. The number of amides is 1. The first-order chi connectivity index (χ1) is 15.1. The Hall–Kier alpha value is -3.03. The molecule has 5 rings (SSSR count). The van der Waals surface area contributed by atoms with Crippen LogP contribution in [0.2, 0.25) is 0 Å². The molecule has 1 aliphatic rings. The summed E-state index contributed by atoms with van der Waals surface area (Å²) in [6, 6.07) is 14.3. The highest BCUT2D eigenvalue weighted by Crippen LogP contribution is 2.28. The second-order valence-corrected chi connectivity index (χ2v) is 9.05. The van der Waals surface area contributed by atoms with Gasteiger partial charge in [0, 0.05) is 43.2 Å². The molecule has 6 nitrogen and oxygen atoms in total. The summed E-state index contributed by atoms with van der Waals surface area (Å²) in [5, 5.41) is 6.89. The zero-order valence-electron chi connectivity index (χ0n) is 17.7. The summed E-state index contributed by atoms with van der Waals surface area (Å²) in [4.78, 5) is 23.9. The van der Waals surface area contributed by atoms with Gasteiger partial charge in [0.25, 0.3) is 11.6 Å². The minimum Gasteiger partial charge on any atom is -0.336 e. The van der Waals surface area contributed by atoms with Crippen LogP contribution < -0.4 is 0 Å². The molecule has 1 aliphatic heterocycles. The number of piperazine rings is 1. The summed E-state index contributed by atoms with van der Waals surface area (Å²) in [5.74, 6) is 0.0165.